The number of rotatable bonds is 3. The third kappa shape index (κ3) is 2.80. The predicted molar refractivity (Wildman–Crippen MR) is 119 cm³/mol. The van der Waals surface area contributed by atoms with Crippen LogP contribution in [0.1, 0.15) is 25.3 Å². The van der Waals surface area contributed by atoms with Crippen LogP contribution in [0.5, 0.6) is 0 Å². The van der Waals surface area contributed by atoms with Crippen molar-refractivity contribution >= 4 is 21.9 Å². The van der Waals surface area contributed by atoms with Gasteiger partial charge in [0.2, 0.25) is 0 Å². The average molecular weight is 362 g/mol. The van der Waals surface area contributed by atoms with Gasteiger partial charge in [0.25, 0.3) is 0 Å². The van der Waals surface area contributed by atoms with Crippen LogP contribution in [-0.2, 0) is 0 Å². The molecule has 1 heterocycles. The summed E-state index contributed by atoms with van der Waals surface area (Å²) >= 11 is 0. The first-order valence-electron chi connectivity index (χ1n) is 9.82. The number of furan rings is 1. The van der Waals surface area contributed by atoms with Gasteiger partial charge in [-0.05, 0) is 34.2 Å². The van der Waals surface area contributed by atoms with E-state index in [1.165, 1.54) is 33.0 Å². The van der Waals surface area contributed by atoms with Crippen molar-refractivity contribution < 1.29 is 4.42 Å². The van der Waals surface area contributed by atoms with Crippen molar-refractivity contribution in [1.29, 1.82) is 0 Å². The highest BCUT2D eigenvalue weighted by Crippen LogP contribution is 2.36. The smallest absolute Gasteiger partial charge is 0.143 e. The van der Waals surface area contributed by atoms with Gasteiger partial charge in [-0.2, -0.15) is 0 Å². The molecule has 0 saturated heterocycles. The van der Waals surface area contributed by atoms with Gasteiger partial charge in [-0.15, -0.1) is 0 Å². The van der Waals surface area contributed by atoms with E-state index >= 15 is 0 Å². The first kappa shape index (κ1) is 16.8. The average Bonchev–Trinajstić information content (AvgIpc) is 3.13. The van der Waals surface area contributed by atoms with Gasteiger partial charge < -0.3 is 4.42 Å². The highest BCUT2D eigenvalue weighted by atomic mass is 16.3. The summed E-state index contributed by atoms with van der Waals surface area (Å²) in [6.07, 6.45) is 0. The molecule has 0 atom stereocenters. The summed E-state index contributed by atoms with van der Waals surface area (Å²) in [6, 6.07) is 32.2. The lowest BCUT2D eigenvalue weighted by molar-refractivity contribution is 0.670. The zero-order valence-corrected chi connectivity index (χ0v) is 16.1. The molecule has 0 aliphatic rings. The van der Waals surface area contributed by atoms with Crippen molar-refractivity contribution in [2.75, 3.05) is 0 Å². The summed E-state index contributed by atoms with van der Waals surface area (Å²) in [6.45, 7) is 4.46. The Hall–Kier alpha value is -3.32. The van der Waals surface area contributed by atoms with E-state index in [9.17, 15) is 0 Å². The molecule has 0 aliphatic heterocycles. The van der Waals surface area contributed by atoms with E-state index < -0.39 is 0 Å². The van der Waals surface area contributed by atoms with Gasteiger partial charge in [0.15, 0.2) is 0 Å². The van der Waals surface area contributed by atoms with E-state index in [4.69, 9.17) is 4.42 Å². The van der Waals surface area contributed by atoms with E-state index in [0.717, 1.165) is 16.7 Å². The van der Waals surface area contributed by atoms with Crippen molar-refractivity contribution in [2.24, 2.45) is 0 Å². The Bertz CT molecular complexity index is 1270. The van der Waals surface area contributed by atoms with Crippen LogP contribution in [0.3, 0.4) is 0 Å². The maximum Gasteiger partial charge on any atom is 0.143 e. The fourth-order valence-corrected chi connectivity index (χ4v) is 3.89. The normalized spacial score (nSPS) is 11.5. The minimum absolute atomic E-state index is 0.532. The van der Waals surface area contributed by atoms with Crippen molar-refractivity contribution in [3.8, 4) is 22.3 Å². The molecule has 1 aromatic heterocycles. The molecule has 0 bridgehead atoms. The Balaban J connectivity index is 1.59. The SMILES string of the molecule is CC(C)c1cccc(-c2ccc(-c3cccc4c3oc3ccccc34)cc2)c1. The van der Waals surface area contributed by atoms with Gasteiger partial charge in [-0.25, -0.2) is 0 Å². The minimum atomic E-state index is 0.532. The fourth-order valence-electron chi connectivity index (χ4n) is 3.89. The van der Waals surface area contributed by atoms with Crippen molar-refractivity contribution in [2.45, 2.75) is 19.8 Å². The molecule has 1 heteroatoms. The van der Waals surface area contributed by atoms with Gasteiger partial charge in [0.05, 0.1) is 0 Å². The number of para-hydroxylation sites is 2. The lowest BCUT2D eigenvalue weighted by Gasteiger charge is -2.09. The Morgan fingerprint density at radius 2 is 1.32 bits per heavy atom. The molecule has 4 aromatic carbocycles. The van der Waals surface area contributed by atoms with Gasteiger partial charge in [0, 0.05) is 16.3 Å². The monoisotopic (exact) mass is 362 g/mol. The zero-order valence-electron chi connectivity index (χ0n) is 16.1. The molecule has 0 radical (unpaired) electrons. The van der Waals surface area contributed by atoms with Crippen molar-refractivity contribution in [3.05, 3.63) is 96.6 Å². The van der Waals surface area contributed by atoms with Crippen LogP contribution < -0.4 is 0 Å². The minimum Gasteiger partial charge on any atom is -0.455 e. The summed E-state index contributed by atoms with van der Waals surface area (Å²) in [5, 5.41) is 2.34. The Morgan fingerprint density at radius 3 is 2.14 bits per heavy atom. The molecule has 0 fully saturated rings. The largest absolute Gasteiger partial charge is 0.455 e. The van der Waals surface area contributed by atoms with E-state index in [1.54, 1.807) is 0 Å². The molecule has 0 saturated carbocycles. The number of benzene rings is 4. The second kappa shape index (κ2) is 6.69. The highest BCUT2D eigenvalue weighted by Gasteiger charge is 2.12. The second-order valence-electron chi connectivity index (χ2n) is 7.64. The Morgan fingerprint density at radius 1 is 0.607 bits per heavy atom. The maximum absolute atomic E-state index is 6.19. The summed E-state index contributed by atoms with van der Waals surface area (Å²) in [7, 11) is 0. The van der Waals surface area contributed by atoms with Gasteiger partial charge in [-0.1, -0.05) is 98.8 Å². The summed E-state index contributed by atoms with van der Waals surface area (Å²) in [5.74, 6) is 0.532. The molecule has 0 N–H and O–H groups in total. The molecule has 1 nitrogen and oxygen atoms in total. The summed E-state index contributed by atoms with van der Waals surface area (Å²) in [5.41, 5.74) is 8.08. The van der Waals surface area contributed by atoms with Crippen LogP contribution in [0.2, 0.25) is 0 Å². The van der Waals surface area contributed by atoms with E-state index in [-0.39, 0.29) is 0 Å². The van der Waals surface area contributed by atoms with E-state index in [2.05, 4.69) is 92.7 Å². The molecule has 136 valence electrons. The molecular weight excluding hydrogens is 340 g/mol. The van der Waals surface area contributed by atoms with Gasteiger partial charge >= 0.3 is 0 Å². The molecule has 0 spiro atoms. The Labute approximate surface area is 165 Å². The Kier molecular flexibility index (Phi) is 4.02. The third-order valence-electron chi connectivity index (χ3n) is 5.49. The highest BCUT2D eigenvalue weighted by molar-refractivity contribution is 6.09. The molecule has 0 aliphatic carbocycles. The van der Waals surface area contributed by atoms with Gasteiger partial charge in [-0.3, -0.25) is 0 Å². The summed E-state index contributed by atoms with van der Waals surface area (Å²) < 4.78 is 6.19. The van der Waals surface area contributed by atoms with Crippen LogP contribution in [0.4, 0.5) is 0 Å². The number of hydrogen-bond acceptors (Lipinski definition) is 1. The van der Waals surface area contributed by atoms with Crippen LogP contribution in [0, 0.1) is 0 Å². The fraction of sp³-hybridized carbons (Fsp3) is 0.111. The number of fused-ring (bicyclic) bond motifs is 3. The van der Waals surface area contributed by atoms with E-state index in [1.807, 2.05) is 12.1 Å². The molecule has 5 aromatic rings. The van der Waals surface area contributed by atoms with Crippen molar-refractivity contribution in [3.63, 3.8) is 0 Å². The van der Waals surface area contributed by atoms with Crippen LogP contribution in [0.15, 0.2) is 95.4 Å². The molecule has 28 heavy (non-hydrogen) atoms. The number of hydrogen-bond donors (Lipinski definition) is 0. The lowest BCUT2D eigenvalue weighted by Crippen LogP contribution is -1.88. The quantitative estimate of drug-likeness (QED) is 0.316. The standard InChI is InChI=1S/C27H22O/c1-18(2)21-7-5-8-22(17-21)19-13-15-20(16-14-19)23-10-6-11-25-24-9-3-4-12-26(24)28-27(23)25/h3-18H,1-2H3. The predicted octanol–water partition coefficient (Wildman–Crippen LogP) is 8.04. The second-order valence-corrected chi connectivity index (χ2v) is 7.64. The van der Waals surface area contributed by atoms with Crippen LogP contribution in [0.25, 0.3) is 44.2 Å². The van der Waals surface area contributed by atoms with Gasteiger partial charge in [0.1, 0.15) is 11.2 Å². The summed E-state index contributed by atoms with van der Waals surface area (Å²) in [4.78, 5) is 0. The van der Waals surface area contributed by atoms with Crippen LogP contribution >= 0.6 is 0 Å². The first-order valence-corrected chi connectivity index (χ1v) is 9.82. The zero-order chi connectivity index (χ0) is 19.1. The lowest BCUT2D eigenvalue weighted by atomic mass is 9.95. The van der Waals surface area contributed by atoms with E-state index in [0.29, 0.717) is 5.92 Å². The maximum atomic E-state index is 6.19. The molecule has 5 rings (SSSR count). The molecule has 0 amide bonds. The first-order chi connectivity index (χ1) is 13.7. The van der Waals surface area contributed by atoms with Crippen molar-refractivity contribution in [1.82, 2.24) is 0 Å². The molecular formula is C27H22O. The third-order valence-corrected chi connectivity index (χ3v) is 5.49. The van der Waals surface area contributed by atoms with Crippen LogP contribution in [-0.4, -0.2) is 0 Å². The molecule has 0 unspecified atom stereocenters. The topological polar surface area (TPSA) is 13.1 Å².